The molecule has 2 aromatic carbocycles. The molecule has 6 nitrogen and oxygen atoms in total. The summed E-state index contributed by atoms with van der Waals surface area (Å²) in [5, 5.41) is 2.99. The zero-order valence-electron chi connectivity index (χ0n) is 18.8. The van der Waals surface area contributed by atoms with E-state index in [0.717, 1.165) is 10.0 Å². The second kappa shape index (κ2) is 11.2. The highest BCUT2D eigenvalue weighted by atomic mass is 79.9. The van der Waals surface area contributed by atoms with Gasteiger partial charge in [-0.15, -0.1) is 0 Å². The molecule has 31 heavy (non-hydrogen) atoms. The van der Waals surface area contributed by atoms with Crippen LogP contribution in [0.5, 0.6) is 11.5 Å². The highest BCUT2D eigenvalue weighted by Crippen LogP contribution is 2.19. The van der Waals surface area contributed by atoms with Crippen LogP contribution in [0.3, 0.4) is 0 Å². The monoisotopic (exact) mass is 490 g/mol. The van der Waals surface area contributed by atoms with Crippen LogP contribution in [0.4, 0.5) is 0 Å². The molecule has 0 aliphatic heterocycles. The standard InChI is InChI=1S/C24H31BrN2O4/c1-6-21(23(29)26-24(2,3)4)27(15-17-8-7-9-20(14-17)30-5)22(28)16-31-19-12-10-18(25)11-13-19/h7-14,21H,6,15-16H2,1-5H3,(H,26,29)/t21-/m0/s1. The van der Waals surface area contributed by atoms with Gasteiger partial charge in [-0.3, -0.25) is 9.59 Å². The molecule has 0 spiro atoms. The smallest absolute Gasteiger partial charge is 0.261 e. The van der Waals surface area contributed by atoms with Gasteiger partial charge in [-0.05, 0) is 69.2 Å². The van der Waals surface area contributed by atoms with Crippen LogP contribution in [0.2, 0.25) is 0 Å². The Balaban J connectivity index is 2.24. The zero-order chi connectivity index (χ0) is 23.0. The summed E-state index contributed by atoms with van der Waals surface area (Å²) in [4.78, 5) is 27.8. The summed E-state index contributed by atoms with van der Waals surface area (Å²) < 4.78 is 11.9. The third kappa shape index (κ3) is 7.90. The second-order valence-electron chi connectivity index (χ2n) is 8.28. The van der Waals surface area contributed by atoms with Crippen molar-refractivity contribution in [2.45, 2.75) is 52.2 Å². The van der Waals surface area contributed by atoms with E-state index in [1.54, 1.807) is 24.1 Å². The van der Waals surface area contributed by atoms with E-state index in [0.29, 0.717) is 17.9 Å². The van der Waals surface area contributed by atoms with E-state index < -0.39 is 11.6 Å². The van der Waals surface area contributed by atoms with E-state index in [1.807, 2.05) is 64.1 Å². The Morgan fingerprint density at radius 3 is 2.35 bits per heavy atom. The van der Waals surface area contributed by atoms with Crippen LogP contribution in [-0.4, -0.2) is 42.0 Å². The normalized spacial score (nSPS) is 12.1. The molecule has 168 valence electrons. The van der Waals surface area contributed by atoms with E-state index in [2.05, 4.69) is 21.2 Å². The van der Waals surface area contributed by atoms with Gasteiger partial charge in [-0.2, -0.15) is 0 Å². The summed E-state index contributed by atoms with van der Waals surface area (Å²) in [6.07, 6.45) is 0.482. The lowest BCUT2D eigenvalue weighted by atomic mass is 10.1. The fourth-order valence-corrected chi connectivity index (χ4v) is 3.36. The van der Waals surface area contributed by atoms with Crippen LogP contribution in [0.1, 0.15) is 39.7 Å². The summed E-state index contributed by atoms with van der Waals surface area (Å²) >= 11 is 3.38. The van der Waals surface area contributed by atoms with Gasteiger partial charge in [-0.1, -0.05) is 35.0 Å². The first kappa shape index (κ1) is 24.7. The van der Waals surface area contributed by atoms with E-state index in [-0.39, 0.29) is 25.0 Å². The second-order valence-corrected chi connectivity index (χ2v) is 9.19. The Morgan fingerprint density at radius 2 is 1.77 bits per heavy atom. The minimum absolute atomic E-state index is 0.162. The van der Waals surface area contributed by atoms with E-state index in [9.17, 15) is 9.59 Å². The average Bonchev–Trinajstić information content (AvgIpc) is 2.71. The molecule has 0 radical (unpaired) electrons. The molecule has 1 atom stereocenters. The number of rotatable bonds is 9. The molecule has 0 aliphatic carbocycles. The van der Waals surface area contributed by atoms with E-state index >= 15 is 0 Å². The lowest BCUT2D eigenvalue weighted by molar-refractivity contribution is -0.143. The predicted octanol–water partition coefficient (Wildman–Crippen LogP) is 4.56. The van der Waals surface area contributed by atoms with Gasteiger partial charge in [0.1, 0.15) is 17.5 Å². The number of amides is 2. The molecule has 0 fully saturated rings. The molecule has 2 aromatic rings. The third-order valence-electron chi connectivity index (χ3n) is 4.55. The fourth-order valence-electron chi connectivity index (χ4n) is 3.10. The van der Waals surface area contributed by atoms with Crippen molar-refractivity contribution in [3.05, 3.63) is 58.6 Å². The van der Waals surface area contributed by atoms with E-state index in [4.69, 9.17) is 9.47 Å². The molecule has 0 saturated heterocycles. The first-order chi connectivity index (χ1) is 14.6. The molecule has 1 N–H and O–H groups in total. The molecule has 0 aromatic heterocycles. The highest BCUT2D eigenvalue weighted by Gasteiger charge is 2.31. The van der Waals surface area contributed by atoms with Gasteiger partial charge in [-0.25, -0.2) is 0 Å². The van der Waals surface area contributed by atoms with Crippen LogP contribution in [0.15, 0.2) is 53.0 Å². The molecule has 0 bridgehead atoms. The van der Waals surface area contributed by atoms with Gasteiger partial charge in [0.05, 0.1) is 7.11 Å². The lowest BCUT2D eigenvalue weighted by Crippen LogP contribution is -2.54. The minimum atomic E-state index is -0.619. The molecule has 0 aliphatic rings. The zero-order valence-corrected chi connectivity index (χ0v) is 20.4. The van der Waals surface area contributed by atoms with Gasteiger partial charge >= 0.3 is 0 Å². The Kier molecular flexibility index (Phi) is 8.92. The number of carbonyl (C=O) groups is 2. The van der Waals surface area contributed by atoms with Crippen LogP contribution >= 0.6 is 15.9 Å². The van der Waals surface area contributed by atoms with Crippen LogP contribution in [-0.2, 0) is 16.1 Å². The van der Waals surface area contributed by atoms with Crippen molar-refractivity contribution in [2.24, 2.45) is 0 Å². The number of nitrogens with zero attached hydrogens (tertiary/aromatic N) is 1. The van der Waals surface area contributed by atoms with Gasteiger partial charge in [0.15, 0.2) is 6.61 Å². The fraction of sp³-hybridized carbons (Fsp3) is 0.417. The Bertz CT molecular complexity index is 878. The molecular weight excluding hydrogens is 460 g/mol. The summed E-state index contributed by atoms with van der Waals surface area (Å²) in [5.74, 6) is 0.838. The SMILES string of the molecule is CC[C@@H](C(=O)NC(C)(C)C)N(Cc1cccc(OC)c1)C(=O)COc1ccc(Br)cc1. The van der Waals surface area contributed by atoms with Gasteiger partial charge in [0, 0.05) is 16.6 Å². The minimum Gasteiger partial charge on any atom is -0.497 e. The average molecular weight is 491 g/mol. The number of hydrogen-bond acceptors (Lipinski definition) is 4. The van der Waals surface area contributed by atoms with Crippen molar-refractivity contribution < 1.29 is 19.1 Å². The number of ether oxygens (including phenoxy) is 2. The molecule has 2 rings (SSSR count). The summed E-state index contributed by atoms with van der Waals surface area (Å²) in [5.41, 5.74) is 0.474. The first-order valence-corrected chi connectivity index (χ1v) is 11.0. The van der Waals surface area contributed by atoms with Crippen molar-refractivity contribution in [3.63, 3.8) is 0 Å². The van der Waals surface area contributed by atoms with Gasteiger partial charge in [0.2, 0.25) is 5.91 Å². The van der Waals surface area contributed by atoms with Crippen molar-refractivity contribution in [1.82, 2.24) is 10.2 Å². The topological polar surface area (TPSA) is 67.9 Å². The molecule has 0 unspecified atom stereocenters. The van der Waals surface area contributed by atoms with Crippen LogP contribution in [0.25, 0.3) is 0 Å². The van der Waals surface area contributed by atoms with Crippen molar-refractivity contribution in [3.8, 4) is 11.5 Å². The van der Waals surface area contributed by atoms with Crippen molar-refractivity contribution in [2.75, 3.05) is 13.7 Å². The summed E-state index contributed by atoms with van der Waals surface area (Å²) in [6, 6.07) is 14.1. The first-order valence-electron chi connectivity index (χ1n) is 10.3. The van der Waals surface area contributed by atoms with Gasteiger partial charge < -0.3 is 19.7 Å². The Hall–Kier alpha value is -2.54. The lowest BCUT2D eigenvalue weighted by Gasteiger charge is -2.33. The number of benzene rings is 2. The highest BCUT2D eigenvalue weighted by molar-refractivity contribution is 9.10. The Morgan fingerprint density at radius 1 is 1.10 bits per heavy atom. The molecule has 0 heterocycles. The van der Waals surface area contributed by atoms with E-state index in [1.165, 1.54) is 0 Å². The number of methoxy groups -OCH3 is 1. The number of hydrogen-bond donors (Lipinski definition) is 1. The maximum absolute atomic E-state index is 13.2. The maximum atomic E-state index is 13.2. The summed E-state index contributed by atoms with van der Waals surface area (Å²) in [6.45, 7) is 7.77. The van der Waals surface area contributed by atoms with Crippen molar-refractivity contribution in [1.29, 1.82) is 0 Å². The number of nitrogens with one attached hydrogen (secondary N) is 1. The third-order valence-corrected chi connectivity index (χ3v) is 5.08. The molecule has 2 amide bonds. The largest absolute Gasteiger partial charge is 0.497 e. The molecule has 0 saturated carbocycles. The number of carbonyl (C=O) groups excluding carboxylic acids is 2. The summed E-state index contributed by atoms with van der Waals surface area (Å²) in [7, 11) is 1.60. The Labute approximate surface area is 193 Å². The molecule has 7 heteroatoms. The quantitative estimate of drug-likeness (QED) is 0.559. The van der Waals surface area contributed by atoms with Crippen LogP contribution < -0.4 is 14.8 Å². The number of halogens is 1. The van der Waals surface area contributed by atoms with Crippen molar-refractivity contribution >= 4 is 27.7 Å². The van der Waals surface area contributed by atoms with Crippen LogP contribution in [0, 0.1) is 0 Å². The predicted molar refractivity (Wildman–Crippen MR) is 125 cm³/mol. The van der Waals surface area contributed by atoms with Gasteiger partial charge in [0.25, 0.3) is 5.91 Å². The maximum Gasteiger partial charge on any atom is 0.261 e. The molecular formula is C24H31BrN2O4.